The molecule has 1 aromatic rings. The zero-order valence-corrected chi connectivity index (χ0v) is 13.6. The molecule has 5 nitrogen and oxygen atoms in total. The van der Waals surface area contributed by atoms with Crippen molar-refractivity contribution in [1.29, 1.82) is 0 Å². The van der Waals surface area contributed by atoms with Gasteiger partial charge < -0.3 is 4.74 Å². The number of fused-ring (bicyclic) bond motifs is 1. The second-order valence-electron chi connectivity index (χ2n) is 5.96. The van der Waals surface area contributed by atoms with E-state index in [2.05, 4.69) is 0 Å². The third-order valence-corrected chi connectivity index (χ3v) is 6.52. The van der Waals surface area contributed by atoms with E-state index in [1.165, 1.54) is 4.31 Å². The molecule has 2 aliphatic rings. The lowest BCUT2D eigenvalue weighted by molar-refractivity contribution is 0.0632. The third-order valence-electron chi connectivity index (χ3n) is 4.61. The predicted octanol–water partition coefficient (Wildman–Crippen LogP) is 2.01. The Balaban J connectivity index is 1.91. The van der Waals surface area contributed by atoms with Crippen LogP contribution in [-0.2, 0) is 21.2 Å². The number of aryl methyl sites for hydroxylation is 1. The van der Waals surface area contributed by atoms with Gasteiger partial charge in [-0.15, -0.1) is 0 Å². The van der Waals surface area contributed by atoms with Gasteiger partial charge in [0.05, 0.1) is 4.90 Å². The van der Waals surface area contributed by atoms with E-state index in [-0.39, 0.29) is 16.7 Å². The van der Waals surface area contributed by atoms with E-state index in [0.717, 1.165) is 18.4 Å². The van der Waals surface area contributed by atoms with Crippen molar-refractivity contribution in [2.75, 3.05) is 20.3 Å². The summed E-state index contributed by atoms with van der Waals surface area (Å²) in [6.07, 6.45) is 3.61. The molecule has 0 radical (unpaired) electrons. The Labute approximate surface area is 131 Å². The van der Waals surface area contributed by atoms with Crippen LogP contribution < -0.4 is 0 Å². The summed E-state index contributed by atoms with van der Waals surface area (Å²) in [5.74, 6) is 0.0482. The summed E-state index contributed by atoms with van der Waals surface area (Å²) in [5.41, 5.74) is 1.54. The second kappa shape index (κ2) is 6.10. The van der Waals surface area contributed by atoms with Crippen LogP contribution in [-0.4, -0.2) is 44.8 Å². The number of carbonyl (C=O) groups excluding carboxylic acids is 1. The van der Waals surface area contributed by atoms with Gasteiger partial charge in [0.25, 0.3) is 0 Å². The fourth-order valence-electron chi connectivity index (χ4n) is 3.18. The van der Waals surface area contributed by atoms with Crippen LogP contribution in [0.15, 0.2) is 23.1 Å². The first-order valence-corrected chi connectivity index (χ1v) is 9.16. The number of nitrogens with zero attached hydrogens (tertiary/aromatic N) is 1. The van der Waals surface area contributed by atoms with Crippen LogP contribution in [0.3, 0.4) is 0 Å². The van der Waals surface area contributed by atoms with E-state index in [1.54, 1.807) is 25.2 Å². The number of benzene rings is 1. The van der Waals surface area contributed by atoms with Crippen molar-refractivity contribution in [1.82, 2.24) is 4.31 Å². The van der Waals surface area contributed by atoms with E-state index in [4.69, 9.17) is 4.74 Å². The van der Waals surface area contributed by atoms with E-state index < -0.39 is 10.0 Å². The maximum Gasteiger partial charge on any atom is 0.243 e. The monoisotopic (exact) mass is 323 g/mol. The SMILES string of the molecule is CN(C1CCOCC1)S(=O)(=O)c1ccc2c(c1)C(=O)CCC2. The Bertz CT molecular complexity index is 677. The fourth-order valence-corrected chi connectivity index (χ4v) is 4.62. The lowest BCUT2D eigenvalue weighted by Gasteiger charge is -2.30. The van der Waals surface area contributed by atoms with Crippen LogP contribution in [0.4, 0.5) is 0 Å². The highest BCUT2D eigenvalue weighted by molar-refractivity contribution is 7.89. The van der Waals surface area contributed by atoms with Crippen molar-refractivity contribution in [2.24, 2.45) is 0 Å². The van der Waals surface area contributed by atoms with Crippen molar-refractivity contribution in [3.63, 3.8) is 0 Å². The predicted molar refractivity (Wildman–Crippen MR) is 82.5 cm³/mol. The van der Waals surface area contributed by atoms with Crippen LogP contribution in [0.5, 0.6) is 0 Å². The number of hydrogen-bond acceptors (Lipinski definition) is 4. The van der Waals surface area contributed by atoms with Gasteiger partial charge in [-0.2, -0.15) is 4.31 Å². The molecule has 1 heterocycles. The fraction of sp³-hybridized carbons (Fsp3) is 0.562. The molecule has 0 unspecified atom stereocenters. The Kier molecular flexibility index (Phi) is 4.34. The molecular weight excluding hydrogens is 302 g/mol. The van der Waals surface area contributed by atoms with Crippen molar-refractivity contribution < 1.29 is 17.9 Å². The normalized spacial score (nSPS) is 20.2. The van der Waals surface area contributed by atoms with Gasteiger partial charge in [0.15, 0.2) is 5.78 Å². The average molecular weight is 323 g/mol. The molecule has 22 heavy (non-hydrogen) atoms. The van der Waals surface area contributed by atoms with Gasteiger partial charge in [-0.05, 0) is 43.4 Å². The molecule has 6 heteroatoms. The third kappa shape index (κ3) is 2.83. The molecule has 1 saturated heterocycles. The molecule has 3 rings (SSSR count). The van der Waals surface area contributed by atoms with E-state index in [0.29, 0.717) is 38.0 Å². The van der Waals surface area contributed by atoms with Crippen LogP contribution >= 0.6 is 0 Å². The quantitative estimate of drug-likeness (QED) is 0.853. The summed E-state index contributed by atoms with van der Waals surface area (Å²) in [4.78, 5) is 12.2. The van der Waals surface area contributed by atoms with Gasteiger partial charge in [0, 0.05) is 38.3 Å². The van der Waals surface area contributed by atoms with Gasteiger partial charge in [-0.25, -0.2) is 8.42 Å². The lowest BCUT2D eigenvalue weighted by Crippen LogP contribution is -2.40. The first-order chi connectivity index (χ1) is 10.5. The topological polar surface area (TPSA) is 63.7 Å². The maximum atomic E-state index is 12.8. The van der Waals surface area contributed by atoms with Gasteiger partial charge in [-0.1, -0.05) is 6.07 Å². The van der Waals surface area contributed by atoms with Gasteiger partial charge in [0.2, 0.25) is 10.0 Å². The number of Topliss-reactive ketones (excluding diaryl/α,β-unsaturated/α-hetero) is 1. The first kappa shape index (κ1) is 15.6. The smallest absolute Gasteiger partial charge is 0.243 e. The van der Waals surface area contributed by atoms with Gasteiger partial charge in [-0.3, -0.25) is 4.79 Å². The Morgan fingerprint density at radius 2 is 1.91 bits per heavy atom. The summed E-state index contributed by atoms with van der Waals surface area (Å²) in [6, 6.07) is 4.94. The zero-order chi connectivity index (χ0) is 15.7. The standard InChI is InChI=1S/C16H21NO4S/c1-17(13-7-9-21-10-8-13)22(19,20)14-6-5-12-3-2-4-16(18)15(12)11-14/h5-6,11,13H,2-4,7-10H2,1H3. The van der Waals surface area contributed by atoms with Gasteiger partial charge >= 0.3 is 0 Å². The number of rotatable bonds is 3. The molecular formula is C16H21NO4S. The number of ether oxygens (including phenoxy) is 1. The van der Waals surface area contributed by atoms with Crippen LogP contribution in [0.25, 0.3) is 0 Å². The highest BCUT2D eigenvalue weighted by Gasteiger charge is 2.30. The number of carbonyl (C=O) groups is 1. The highest BCUT2D eigenvalue weighted by Crippen LogP contribution is 2.27. The van der Waals surface area contributed by atoms with Gasteiger partial charge in [0.1, 0.15) is 0 Å². The largest absolute Gasteiger partial charge is 0.381 e. The highest BCUT2D eigenvalue weighted by atomic mass is 32.2. The average Bonchev–Trinajstić information content (AvgIpc) is 2.55. The van der Waals surface area contributed by atoms with Crippen molar-refractivity contribution in [3.8, 4) is 0 Å². The summed E-state index contributed by atoms with van der Waals surface area (Å²) < 4.78 is 32.3. The Hall–Kier alpha value is -1.24. The minimum Gasteiger partial charge on any atom is -0.381 e. The zero-order valence-electron chi connectivity index (χ0n) is 12.7. The molecule has 1 fully saturated rings. The number of sulfonamides is 1. The molecule has 0 aromatic heterocycles. The molecule has 0 spiro atoms. The number of ketones is 1. The molecule has 120 valence electrons. The molecule has 0 saturated carbocycles. The molecule has 0 atom stereocenters. The Morgan fingerprint density at radius 3 is 2.64 bits per heavy atom. The summed E-state index contributed by atoms with van der Waals surface area (Å²) in [5, 5.41) is 0. The first-order valence-electron chi connectivity index (χ1n) is 7.72. The molecule has 0 bridgehead atoms. The second-order valence-corrected chi connectivity index (χ2v) is 7.96. The maximum absolute atomic E-state index is 12.8. The minimum atomic E-state index is -3.57. The molecule has 0 N–H and O–H groups in total. The Morgan fingerprint density at radius 1 is 1.18 bits per heavy atom. The van der Waals surface area contributed by atoms with Crippen LogP contribution in [0, 0.1) is 0 Å². The number of hydrogen-bond donors (Lipinski definition) is 0. The molecule has 0 amide bonds. The van der Waals surface area contributed by atoms with Crippen molar-refractivity contribution >= 4 is 15.8 Å². The molecule has 1 aromatic carbocycles. The summed E-state index contributed by atoms with van der Waals surface area (Å²) >= 11 is 0. The van der Waals surface area contributed by atoms with E-state index >= 15 is 0 Å². The van der Waals surface area contributed by atoms with Crippen LogP contribution in [0.1, 0.15) is 41.6 Å². The molecule has 1 aliphatic heterocycles. The molecule has 1 aliphatic carbocycles. The minimum absolute atomic E-state index is 0.0366. The van der Waals surface area contributed by atoms with Crippen LogP contribution in [0.2, 0.25) is 0 Å². The summed E-state index contributed by atoms with van der Waals surface area (Å²) in [6.45, 7) is 1.18. The summed E-state index contributed by atoms with van der Waals surface area (Å²) in [7, 11) is -1.95. The van der Waals surface area contributed by atoms with E-state index in [9.17, 15) is 13.2 Å². The lowest BCUT2D eigenvalue weighted by atomic mass is 9.91. The van der Waals surface area contributed by atoms with Crippen molar-refractivity contribution in [2.45, 2.75) is 43.0 Å². The van der Waals surface area contributed by atoms with E-state index in [1.807, 2.05) is 0 Å². The van der Waals surface area contributed by atoms with Crippen molar-refractivity contribution in [3.05, 3.63) is 29.3 Å².